The minimum atomic E-state index is -3.20. The van der Waals surface area contributed by atoms with Crippen LogP contribution in [0, 0.1) is 0 Å². The van der Waals surface area contributed by atoms with E-state index in [-0.39, 0.29) is 24.0 Å². The number of amides is 2. The fourth-order valence-corrected chi connectivity index (χ4v) is 5.06. The predicted octanol–water partition coefficient (Wildman–Crippen LogP) is 1.69. The Morgan fingerprint density at radius 2 is 2.31 bits per heavy atom. The molecule has 1 N–H and O–H groups in total. The first-order valence-electron chi connectivity index (χ1n) is 7.83. The first-order chi connectivity index (χ1) is 12.3. The van der Waals surface area contributed by atoms with Crippen LogP contribution in [0.15, 0.2) is 39.2 Å². The Morgan fingerprint density at radius 1 is 1.50 bits per heavy atom. The third-order valence-corrected chi connectivity index (χ3v) is 6.53. The molecule has 3 rings (SSSR count). The summed E-state index contributed by atoms with van der Waals surface area (Å²) in [6.07, 6.45) is 5.23. The second-order valence-electron chi connectivity index (χ2n) is 5.78. The molecule has 7 nitrogen and oxygen atoms in total. The molecule has 2 amide bonds. The Labute approximate surface area is 160 Å². The summed E-state index contributed by atoms with van der Waals surface area (Å²) in [5.74, 6) is 0.00441. The summed E-state index contributed by atoms with van der Waals surface area (Å²) in [6.45, 7) is 0.326. The lowest BCUT2D eigenvalue weighted by atomic mass is 10.2. The number of nitrogens with zero attached hydrogens (tertiary/aromatic N) is 1. The number of hydrogen-bond donors (Lipinski definition) is 1. The number of furan rings is 1. The van der Waals surface area contributed by atoms with Gasteiger partial charge in [-0.05, 0) is 24.6 Å². The average Bonchev–Trinajstić information content (AvgIpc) is 3.25. The van der Waals surface area contributed by atoms with Gasteiger partial charge in [0.2, 0.25) is 5.91 Å². The molecule has 0 bridgehead atoms. The Hall–Kier alpha value is -1.91. The van der Waals surface area contributed by atoms with Crippen molar-refractivity contribution in [1.82, 2.24) is 10.2 Å². The van der Waals surface area contributed by atoms with Crippen LogP contribution in [0.25, 0.3) is 6.08 Å². The molecule has 1 saturated heterocycles. The smallest absolute Gasteiger partial charge is 0.266 e. The van der Waals surface area contributed by atoms with Crippen LogP contribution in [-0.2, 0) is 19.4 Å². The molecule has 0 aliphatic carbocycles. The highest BCUT2D eigenvalue weighted by Crippen LogP contribution is 2.32. The number of sulfone groups is 1. The first kappa shape index (κ1) is 18.9. The Bertz CT molecular complexity index is 887. The molecule has 26 heavy (non-hydrogen) atoms. The van der Waals surface area contributed by atoms with Gasteiger partial charge in [-0.25, -0.2) is 8.42 Å². The standard InChI is InChI=1S/C16H16N2O5S3/c19-14(17-11-5-8-26(21,22)10-11)4-1-6-18-15(20)13(25-16(18)24)9-12-3-2-7-23-12/h2-3,5,7-9,11H,1,4,6,10H2,(H,17,19)/b13-9-/t11-/m0/s1. The predicted molar refractivity (Wildman–Crippen MR) is 103 cm³/mol. The van der Waals surface area contributed by atoms with Crippen LogP contribution in [0.4, 0.5) is 0 Å². The van der Waals surface area contributed by atoms with Gasteiger partial charge in [0.1, 0.15) is 10.1 Å². The molecule has 1 aromatic rings. The van der Waals surface area contributed by atoms with Gasteiger partial charge >= 0.3 is 0 Å². The molecule has 0 saturated carbocycles. The summed E-state index contributed by atoms with van der Waals surface area (Å²) < 4.78 is 28.3. The van der Waals surface area contributed by atoms with Crippen LogP contribution in [0.3, 0.4) is 0 Å². The molecule has 2 aliphatic heterocycles. The Kier molecular flexibility index (Phi) is 5.64. The monoisotopic (exact) mass is 412 g/mol. The molecule has 0 radical (unpaired) electrons. The van der Waals surface area contributed by atoms with E-state index in [9.17, 15) is 18.0 Å². The van der Waals surface area contributed by atoms with Gasteiger partial charge in [0.25, 0.3) is 5.91 Å². The van der Waals surface area contributed by atoms with Crippen molar-refractivity contribution in [1.29, 1.82) is 0 Å². The highest BCUT2D eigenvalue weighted by atomic mass is 32.2. The third-order valence-electron chi connectivity index (χ3n) is 3.75. The number of rotatable bonds is 6. The largest absolute Gasteiger partial charge is 0.465 e. The zero-order valence-electron chi connectivity index (χ0n) is 13.6. The molecular formula is C16H16N2O5S3. The quantitative estimate of drug-likeness (QED) is 0.561. The van der Waals surface area contributed by atoms with Gasteiger partial charge < -0.3 is 9.73 Å². The van der Waals surface area contributed by atoms with E-state index in [4.69, 9.17) is 16.6 Å². The van der Waals surface area contributed by atoms with Gasteiger partial charge in [0.15, 0.2) is 9.84 Å². The molecule has 0 unspecified atom stereocenters. The molecule has 0 spiro atoms. The number of nitrogens with one attached hydrogen (secondary N) is 1. The molecule has 1 aromatic heterocycles. The summed E-state index contributed by atoms with van der Waals surface area (Å²) in [5.41, 5.74) is 0. The Morgan fingerprint density at radius 3 is 2.96 bits per heavy atom. The SMILES string of the molecule is O=C(CCCN1C(=O)/C(=C/c2ccco2)SC1=S)N[C@H]1C=CS(=O)(=O)C1. The number of hydrogen-bond acceptors (Lipinski definition) is 7. The second kappa shape index (κ2) is 7.77. The van der Waals surface area contributed by atoms with Crippen LogP contribution in [0.5, 0.6) is 0 Å². The number of carbonyl (C=O) groups excluding carboxylic acids is 2. The first-order valence-corrected chi connectivity index (χ1v) is 10.8. The van der Waals surface area contributed by atoms with Gasteiger partial charge in [0.05, 0.1) is 23.0 Å². The molecule has 2 aliphatic rings. The highest BCUT2D eigenvalue weighted by molar-refractivity contribution is 8.26. The van der Waals surface area contributed by atoms with E-state index in [2.05, 4.69) is 5.32 Å². The minimum Gasteiger partial charge on any atom is -0.465 e. The Balaban J connectivity index is 1.47. The fourth-order valence-electron chi connectivity index (χ4n) is 2.54. The minimum absolute atomic E-state index is 0.106. The zero-order chi connectivity index (χ0) is 18.7. The maximum absolute atomic E-state index is 12.4. The number of thioether (sulfide) groups is 1. The van der Waals surface area contributed by atoms with Crippen molar-refractivity contribution in [3.8, 4) is 0 Å². The van der Waals surface area contributed by atoms with Crippen LogP contribution >= 0.6 is 24.0 Å². The summed E-state index contributed by atoms with van der Waals surface area (Å²) in [6, 6.07) is 2.99. The van der Waals surface area contributed by atoms with Crippen molar-refractivity contribution in [2.45, 2.75) is 18.9 Å². The van der Waals surface area contributed by atoms with E-state index in [1.54, 1.807) is 18.2 Å². The van der Waals surface area contributed by atoms with Crippen molar-refractivity contribution in [2.75, 3.05) is 12.3 Å². The normalized spacial score (nSPS) is 23.2. The maximum atomic E-state index is 12.4. The maximum Gasteiger partial charge on any atom is 0.266 e. The number of thiocarbonyl (C=S) groups is 1. The van der Waals surface area contributed by atoms with Crippen molar-refractivity contribution < 1.29 is 22.4 Å². The van der Waals surface area contributed by atoms with Crippen LogP contribution in [0.1, 0.15) is 18.6 Å². The zero-order valence-corrected chi connectivity index (χ0v) is 16.0. The molecule has 10 heteroatoms. The number of carbonyl (C=O) groups is 2. The van der Waals surface area contributed by atoms with Gasteiger partial charge in [0, 0.05) is 24.4 Å². The van der Waals surface area contributed by atoms with E-state index in [0.717, 1.165) is 5.41 Å². The molecule has 0 aromatic carbocycles. The van der Waals surface area contributed by atoms with E-state index >= 15 is 0 Å². The van der Waals surface area contributed by atoms with Crippen molar-refractivity contribution >= 4 is 56.0 Å². The lowest BCUT2D eigenvalue weighted by Gasteiger charge is -2.15. The highest BCUT2D eigenvalue weighted by Gasteiger charge is 2.32. The topological polar surface area (TPSA) is 96.7 Å². The summed E-state index contributed by atoms with van der Waals surface area (Å²) in [4.78, 5) is 26.3. The van der Waals surface area contributed by atoms with Crippen molar-refractivity contribution in [2.24, 2.45) is 0 Å². The molecule has 138 valence electrons. The third kappa shape index (κ3) is 4.63. The van der Waals surface area contributed by atoms with Crippen molar-refractivity contribution in [3.05, 3.63) is 40.5 Å². The van der Waals surface area contributed by atoms with E-state index in [1.165, 1.54) is 29.0 Å². The van der Waals surface area contributed by atoms with Crippen LogP contribution in [0.2, 0.25) is 0 Å². The second-order valence-corrected chi connectivity index (χ2v) is 9.39. The van der Waals surface area contributed by atoms with Gasteiger partial charge in [-0.3, -0.25) is 14.5 Å². The lowest BCUT2D eigenvalue weighted by Crippen LogP contribution is -2.36. The van der Waals surface area contributed by atoms with Crippen LogP contribution in [-0.4, -0.2) is 47.8 Å². The summed E-state index contributed by atoms with van der Waals surface area (Å²) in [7, 11) is -3.20. The molecule has 3 heterocycles. The molecule has 1 fully saturated rings. The molecule has 1 atom stereocenters. The van der Waals surface area contributed by atoms with E-state index < -0.39 is 15.9 Å². The lowest BCUT2D eigenvalue weighted by molar-refractivity contribution is -0.124. The van der Waals surface area contributed by atoms with Gasteiger partial charge in [-0.2, -0.15) is 0 Å². The van der Waals surface area contributed by atoms with Gasteiger partial charge in [-0.15, -0.1) is 0 Å². The fraction of sp³-hybridized carbons (Fsp3) is 0.312. The van der Waals surface area contributed by atoms with Crippen molar-refractivity contribution in [3.63, 3.8) is 0 Å². The summed E-state index contributed by atoms with van der Waals surface area (Å²) >= 11 is 6.43. The summed E-state index contributed by atoms with van der Waals surface area (Å²) in [5, 5.41) is 3.77. The average molecular weight is 413 g/mol. The molecular weight excluding hydrogens is 396 g/mol. The van der Waals surface area contributed by atoms with Crippen LogP contribution < -0.4 is 5.32 Å². The van der Waals surface area contributed by atoms with E-state index in [0.29, 0.717) is 28.0 Å². The van der Waals surface area contributed by atoms with Gasteiger partial charge in [-0.1, -0.05) is 24.0 Å². The van der Waals surface area contributed by atoms with E-state index in [1.807, 2.05) is 0 Å².